The van der Waals surface area contributed by atoms with E-state index in [-0.39, 0.29) is 6.04 Å². The van der Waals surface area contributed by atoms with Crippen LogP contribution in [-0.4, -0.2) is 29.6 Å². The van der Waals surface area contributed by atoms with Crippen LogP contribution in [-0.2, 0) is 6.42 Å². The Hall–Kier alpha value is -1.88. The number of hydrogen-bond acceptors (Lipinski definition) is 4. The molecule has 0 aliphatic heterocycles. The van der Waals surface area contributed by atoms with E-state index in [1.807, 2.05) is 19.2 Å². The normalized spacial score (nSPS) is 12.4. The molecule has 18 heavy (non-hydrogen) atoms. The van der Waals surface area contributed by atoms with Gasteiger partial charge in [-0.2, -0.15) is 15.4 Å². The van der Waals surface area contributed by atoms with Crippen molar-refractivity contribution in [2.45, 2.75) is 19.4 Å². The van der Waals surface area contributed by atoms with Gasteiger partial charge in [-0.15, -0.1) is 0 Å². The van der Waals surface area contributed by atoms with Crippen molar-refractivity contribution in [1.29, 1.82) is 0 Å². The van der Waals surface area contributed by atoms with E-state index in [4.69, 9.17) is 4.74 Å². The van der Waals surface area contributed by atoms with Gasteiger partial charge >= 0.3 is 0 Å². The molecule has 2 rings (SSSR count). The predicted octanol–water partition coefficient (Wildman–Crippen LogP) is 1.62. The second-order valence-corrected chi connectivity index (χ2v) is 4.26. The van der Waals surface area contributed by atoms with Crippen LogP contribution in [0.15, 0.2) is 24.4 Å². The topological polar surface area (TPSA) is 62.8 Å². The number of likely N-dealkylation sites (N-methyl/N-ethyl adjacent to an activating group) is 1. The Balaban J connectivity index is 2.24. The highest BCUT2D eigenvalue weighted by Crippen LogP contribution is 2.24. The summed E-state index contributed by atoms with van der Waals surface area (Å²) in [6.07, 6.45) is 2.55. The number of H-pyrrole nitrogens is 1. The summed E-state index contributed by atoms with van der Waals surface area (Å²) in [5, 5.41) is 13.9. The molecule has 96 valence electrons. The third-order valence-electron chi connectivity index (χ3n) is 3.00. The molecule has 1 heterocycles. The first kappa shape index (κ1) is 12.6. The molecule has 5 heteroatoms. The molecule has 0 aliphatic carbocycles. The Bertz CT molecular complexity index is 496. The smallest absolute Gasteiger partial charge is 0.122 e. The summed E-state index contributed by atoms with van der Waals surface area (Å²) < 4.78 is 5.39. The molecule has 0 spiro atoms. The van der Waals surface area contributed by atoms with Gasteiger partial charge in [0.05, 0.1) is 25.0 Å². The van der Waals surface area contributed by atoms with Crippen LogP contribution in [0.3, 0.4) is 0 Å². The van der Waals surface area contributed by atoms with E-state index in [2.05, 4.69) is 33.7 Å². The maximum atomic E-state index is 5.39. The van der Waals surface area contributed by atoms with E-state index in [0.717, 1.165) is 17.9 Å². The molecular formula is C13H18N4O. The Kier molecular flexibility index (Phi) is 3.94. The van der Waals surface area contributed by atoms with Gasteiger partial charge in [-0.1, -0.05) is 17.7 Å². The fraction of sp³-hybridized carbons (Fsp3) is 0.385. The number of methoxy groups -OCH3 is 1. The fourth-order valence-corrected chi connectivity index (χ4v) is 2.02. The van der Waals surface area contributed by atoms with Crippen LogP contribution < -0.4 is 10.1 Å². The van der Waals surface area contributed by atoms with E-state index in [0.29, 0.717) is 0 Å². The Morgan fingerprint density at radius 3 is 2.89 bits per heavy atom. The molecule has 0 bridgehead atoms. The first-order valence-electron chi connectivity index (χ1n) is 5.91. The largest absolute Gasteiger partial charge is 0.496 e. The number of aryl methyl sites for hydroxylation is 1. The van der Waals surface area contributed by atoms with Gasteiger partial charge in [0, 0.05) is 0 Å². The zero-order valence-corrected chi connectivity index (χ0v) is 10.9. The van der Waals surface area contributed by atoms with Gasteiger partial charge < -0.3 is 10.1 Å². The van der Waals surface area contributed by atoms with Crippen LogP contribution in [0.25, 0.3) is 0 Å². The lowest BCUT2D eigenvalue weighted by atomic mass is 10.0. The van der Waals surface area contributed by atoms with Crippen molar-refractivity contribution >= 4 is 0 Å². The maximum Gasteiger partial charge on any atom is 0.122 e. The molecule has 1 aromatic heterocycles. The number of ether oxygens (including phenoxy) is 1. The molecule has 1 aromatic carbocycles. The number of nitrogens with one attached hydrogen (secondary N) is 2. The van der Waals surface area contributed by atoms with Crippen LogP contribution in [0.2, 0.25) is 0 Å². The molecule has 2 aromatic rings. The SMILES string of the molecule is CNC(Cc1cc(C)ccc1OC)c1cn[nH]n1. The predicted molar refractivity (Wildman–Crippen MR) is 69.6 cm³/mol. The van der Waals surface area contributed by atoms with Gasteiger partial charge in [0.25, 0.3) is 0 Å². The van der Waals surface area contributed by atoms with Crippen molar-refractivity contribution in [3.63, 3.8) is 0 Å². The minimum Gasteiger partial charge on any atom is -0.496 e. The monoisotopic (exact) mass is 246 g/mol. The van der Waals surface area contributed by atoms with Crippen molar-refractivity contribution in [1.82, 2.24) is 20.7 Å². The highest BCUT2D eigenvalue weighted by molar-refractivity contribution is 5.37. The molecular weight excluding hydrogens is 228 g/mol. The van der Waals surface area contributed by atoms with Gasteiger partial charge in [0.15, 0.2) is 0 Å². The van der Waals surface area contributed by atoms with Crippen LogP contribution in [0.5, 0.6) is 5.75 Å². The third-order valence-corrected chi connectivity index (χ3v) is 3.00. The molecule has 0 amide bonds. The van der Waals surface area contributed by atoms with Crippen molar-refractivity contribution in [2.75, 3.05) is 14.2 Å². The van der Waals surface area contributed by atoms with Gasteiger partial charge in [0.1, 0.15) is 5.75 Å². The number of aromatic amines is 1. The van der Waals surface area contributed by atoms with Crippen molar-refractivity contribution in [3.8, 4) is 5.75 Å². The first-order valence-corrected chi connectivity index (χ1v) is 5.91. The number of hydrogen-bond donors (Lipinski definition) is 2. The number of rotatable bonds is 5. The minimum atomic E-state index is 0.124. The summed E-state index contributed by atoms with van der Waals surface area (Å²) >= 11 is 0. The zero-order valence-electron chi connectivity index (χ0n) is 10.9. The Labute approximate surface area is 107 Å². The summed E-state index contributed by atoms with van der Waals surface area (Å²) in [4.78, 5) is 0. The Morgan fingerprint density at radius 2 is 2.28 bits per heavy atom. The summed E-state index contributed by atoms with van der Waals surface area (Å²) in [5.41, 5.74) is 3.29. The number of aromatic nitrogens is 3. The lowest BCUT2D eigenvalue weighted by molar-refractivity contribution is 0.406. The van der Waals surface area contributed by atoms with E-state index in [9.17, 15) is 0 Å². The van der Waals surface area contributed by atoms with Gasteiger partial charge in [-0.05, 0) is 32.0 Å². The fourth-order valence-electron chi connectivity index (χ4n) is 2.02. The lowest BCUT2D eigenvalue weighted by Gasteiger charge is -2.16. The summed E-state index contributed by atoms with van der Waals surface area (Å²) in [7, 11) is 3.61. The van der Waals surface area contributed by atoms with E-state index >= 15 is 0 Å². The summed E-state index contributed by atoms with van der Waals surface area (Å²) in [5.74, 6) is 0.907. The Morgan fingerprint density at radius 1 is 1.44 bits per heavy atom. The molecule has 2 N–H and O–H groups in total. The number of benzene rings is 1. The first-order chi connectivity index (χ1) is 8.74. The molecule has 0 aliphatic rings. The van der Waals surface area contributed by atoms with Gasteiger partial charge in [-0.25, -0.2) is 0 Å². The molecule has 0 saturated heterocycles. The average molecular weight is 246 g/mol. The van der Waals surface area contributed by atoms with Crippen LogP contribution in [0.1, 0.15) is 22.9 Å². The van der Waals surface area contributed by atoms with Crippen LogP contribution in [0.4, 0.5) is 0 Å². The summed E-state index contributed by atoms with van der Waals surface area (Å²) in [6, 6.07) is 6.32. The highest BCUT2D eigenvalue weighted by atomic mass is 16.5. The van der Waals surface area contributed by atoms with Gasteiger partial charge in [-0.3, -0.25) is 0 Å². The van der Waals surface area contributed by atoms with E-state index < -0.39 is 0 Å². The second kappa shape index (κ2) is 5.64. The zero-order chi connectivity index (χ0) is 13.0. The minimum absolute atomic E-state index is 0.124. The molecule has 1 atom stereocenters. The molecule has 5 nitrogen and oxygen atoms in total. The average Bonchev–Trinajstić information content (AvgIpc) is 2.90. The highest BCUT2D eigenvalue weighted by Gasteiger charge is 2.15. The third kappa shape index (κ3) is 2.68. The maximum absolute atomic E-state index is 5.39. The molecule has 0 fully saturated rings. The standard InChI is InChI=1S/C13H18N4O/c1-9-4-5-13(18-3)10(6-9)7-11(14-2)12-8-15-17-16-12/h4-6,8,11,14H,7H2,1-3H3,(H,15,16,17). The lowest BCUT2D eigenvalue weighted by Crippen LogP contribution is -2.19. The van der Waals surface area contributed by atoms with Crippen molar-refractivity contribution < 1.29 is 4.74 Å². The number of nitrogens with zero attached hydrogens (tertiary/aromatic N) is 2. The van der Waals surface area contributed by atoms with E-state index in [1.165, 1.54) is 11.1 Å². The van der Waals surface area contributed by atoms with Crippen LogP contribution in [0, 0.1) is 6.92 Å². The van der Waals surface area contributed by atoms with Crippen LogP contribution >= 0.6 is 0 Å². The summed E-state index contributed by atoms with van der Waals surface area (Å²) in [6.45, 7) is 2.08. The molecule has 0 saturated carbocycles. The van der Waals surface area contributed by atoms with E-state index in [1.54, 1.807) is 13.3 Å². The van der Waals surface area contributed by atoms with Gasteiger partial charge in [0.2, 0.25) is 0 Å². The van der Waals surface area contributed by atoms with Crippen molar-refractivity contribution in [2.24, 2.45) is 0 Å². The van der Waals surface area contributed by atoms with Crippen molar-refractivity contribution in [3.05, 3.63) is 41.2 Å². The quantitative estimate of drug-likeness (QED) is 0.841. The molecule has 0 radical (unpaired) electrons. The molecule has 1 unspecified atom stereocenters. The second-order valence-electron chi connectivity index (χ2n) is 4.26.